The van der Waals surface area contributed by atoms with Crippen LogP contribution in [-0.2, 0) is 4.74 Å². The van der Waals surface area contributed by atoms with Gasteiger partial charge in [0.25, 0.3) is 0 Å². The molecule has 0 bridgehead atoms. The van der Waals surface area contributed by atoms with E-state index < -0.39 is 5.82 Å². The van der Waals surface area contributed by atoms with Gasteiger partial charge >= 0.3 is 0 Å². The summed E-state index contributed by atoms with van der Waals surface area (Å²) >= 11 is 5.88. The number of hydrogen-bond donors (Lipinski definition) is 2. The van der Waals surface area contributed by atoms with Crippen molar-refractivity contribution in [1.29, 1.82) is 0 Å². The molecule has 0 saturated carbocycles. The van der Waals surface area contributed by atoms with Crippen LogP contribution in [-0.4, -0.2) is 49.5 Å². The van der Waals surface area contributed by atoms with Gasteiger partial charge < -0.3 is 24.8 Å². The third kappa shape index (κ3) is 4.50. The van der Waals surface area contributed by atoms with E-state index in [9.17, 15) is 4.39 Å². The minimum Gasteiger partial charge on any atom is -0.493 e. The summed E-state index contributed by atoms with van der Waals surface area (Å²) in [6.07, 6.45) is 1.41. The Morgan fingerprint density at radius 3 is 2.93 bits per heavy atom. The van der Waals surface area contributed by atoms with E-state index in [0.717, 1.165) is 18.5 Å². The zero-order valence-corrected chi connectivity index (χ0v) is 16.5. The number of nitrogens with zero attached hydrogens (tertiary/aromatic N) is 2. The van der Waals surface area contributed by atoms with Crippen molar-refractivity contribution in [2.24, 2.45) is 0 Å². The summed E-state index contributed by atoms with van der Waals surface area (Å²) in [7, 11) is 1.58. The number of methoxy groups -OCH3 is 1. The molecule has 1 aromatic heterocycles. The van der Waals surface area contributed by atoms with Crippen LogP contribution >= 0.6 is 11.6 Å². The van der Waals surface area contributed by atoms with Crippen LogP contribution in [0.25, 0.3) is 10.9 Å². The number of benzene rings is 2. The molecule has 1 aliphatic heterocycles. The highest BCUT2D eigenvalue weighted by Gasteiger charge is 2.17. The third-order valence-electron chi connectivity index (χ3n) is 4.53. The molecule has 9 heteroatoms. The van der Waals surface area contributed by atoms with Gasteiger partial charge in [0.15, 0.2) is 11.5 Å². The van der Waals surface area contributed by atoms with E-state index in [0.29, 0.717) is 41.7 Å². The van der Waals surface area contributed by atoms with E-state index in [1.54, 1.807) is 19.2 Å². The molecule has 4 rings (SSSR count). The second-order valence-corrected chi connectivity index (χ2v) is 6.91. The maximum Gasteiger partial charge on any atom is 0.162 e. The molecule has 3 aromatic rings. The number of nitrogens with one attached hydrogen (secondary N) is 2. The number of anilines is 2. The normalized spacial score (nSPS) is 16.6. The Labute approximate surface area is 172 Å². The van der Waals surface area contributed by atoms with E-state index in [2.05, 4.69) is 20.6 Å². The van der Waals surface area contributed by atoms with E-state index in [1.807, 2.05) is 6.07 Å². The average Bonchev–Trinajstić information content (AvgIpc) is 2.75. The smallest absolute Gasteiger partial charge is 0.162 e. The molecule has 152 valence electrons. The Hall–Kier alpha value is -2.68. The lowest BCUT2D eigenvalue weighted by molar-refractivity contribution is -0.000232. The summed E-state index contributed by atoms with van der Waals surface area (Å²) in [5.41, 5.74) is 1.28. The Morgan fingerprint density at radius 2 is 2.17 bits per heavy atom. The number of morpholine rings is 1. The molecule has 1 aliphatic rings. The van der Waals surface area contributed by atoms with Crippen LogP contribution in [0.2, 0.25) is 5.02 Å². The number of rotatable bonds is 6. The highest BCUT2D eigenvalue weighted by atomic mass is 35.5. The highest BCUT2D eigenvalue weighted by molar-refractivity contribution is 6.31. The first-order chi connectivity index (χ1) is 14.1. The van der Waals surface area contributed by atoms with Crippen molar-refractivity contribution in [3.05, 3.63) is 47.5 Å². The molecule has 0 amide bonds. The number of hydrogen-bond acceptors (Lipinski definition) is 7. The molecule has 1 saturated heterocycles. The molecule has 0 spiro atoms. The van der Waals surface area contributed by atoms with Crippen molar-refractivity contribution < 1.29 is 18.6 Å². The van der Waals surface area contributed by atoms with Crippen molar-refractivity contribution in [1.82, 2.24) is 15.3 Å². The molecule has 1 fully saturated rings. The number of fused-ring (bicyclic) bond motifs is 1. The van der Waals surface area contributed by atoms with Crippen LogP contribution in [0.1, 0.15) is 0 Å². The maximum absolute atomic E-state index is 13.4. The minimum absolute atomic E-state index is 0.0279. The van der Waals surface area contributed by atoms with Gasteiger partial charge in [-0.15, -0.1) is 0 Å². The van der Waals surface area contributed by atoms with Crippen molar-refractivity contribution in [2.75, 3.05) is 38.7 Å². The molecule has 7 nitrogen and oxygen atoms in total. The van der Waals surface area contributed by atoms with E-state index in [-0.39, 0.29) is 11.1 Å². The quantitative estimate of drug-likeness (QED) is 0.634. The Balaban J connectivity index is 1.63. The Morgan fingerprint density at radius 1 is 1.28 bits per heavy atom. The maximum atomic E-state index is 13.4. The number of ether oxygens (including phenoxy) is 3. The zero-order valence-electron chi connectivity index (χ0n) is 15.7. The van der Waals surface area contributed by atoms with E-state index >= 15 is 0 Å². The molecule has 2 heterocycles. The predicted octanol–water partition coefficient (Wildman–Crippen LogP) is 3.54. The second-order valence-electron chi connectivity index (χ2n) is 6.50. The molecule has 2 N–H and O–H groups in total. The summed E-state index contributed by atoms with van der Waals surface area (Å²) in [5, 5.41) is 7.18. The van der Waals surface area contributed by atoms with Crippen LogP contribution in [0, 0.1) is 5.82 Å². The SMILES string of the molecule is COc1cc2ncnc(Nc3ccc(F)c(Cl)c3)c2cc1OC[C@@H]1CNCCO1. The molecule has 1 atom stereocenters. The summed E-state index contributed by atoms with van der Waals surface area (Å²) in [4.78, 5) is 8.62. The van der Waals surface area contributed by atoms with Gasteiger partial charge in [-0.2, -0.15) is 0 Å². The third-order valence-corrected chi connectivity index (χ3v) is 4.82. The minimum atomic E-state index is -0.482. The van der Waals surface area contributed by atoms with Crippen LogP contribution in [0.15, 0.2) is 36.7 Å². The fraction of sp³-hybridized carbons (Fsp3) is 0.300. The lowest BCUT2D eigenvalue weighted by Gasteiger charge is -2.24. The largest absolute Gasteiger partial charge is 0.493 e. The Kier molecular flexibility index (Phi) is 5.94. The van der Waals surface area contributed by atoms with Crippen LogP contribution < -0.4 is 20.1 Å². The van der Waals surface area contributed by atoms with Crippen molar-refractivity contribution in [2.45, 2.75) is 6.10 Å². The standard InChI is InChI=1S/C20H20ClFN4O3/c1-27-18-8-17-14(7-19(18)29-10-13-9-23-4-5-28-13)20(25-11-24-17)26-12-2-3-16(22)15(21)6-12/h2-3,6-8,11,13,23H,4-5,9-10H2,1H3,(H,24,25,26)/t13-/m0/s1. The van der Waals surface area contributed by atoms with Crippen molar-refractivity contribution >= 4 is 34.0 Å². The molecule has 0 aliphatic carbocycles. The summed E-state index contributed by atoms with van der Waals surface area (Å²) < 4.78 is 30.5. The van der Waals surface area contributed by atoms with Gasteiger partial charge in [0.05, 0.1) is 24.3 Å². The monoisotopic (exact) mass is 418 g/mol. The van der Waals surface area contributed by atoms with Crippen LogP contribution in [0.3, 0.4) is 0 Å². The van der Waals surface area contributed by atoms with Gasteiger partial charge in [-0.1, -0.05) is 11.6 Å². The summed E-state index contributed by atoms with van der Waals surface area (Å²) in [6.45, 7) is 2.62. The second kappa shape index (κ2) is 8.77. The molecular formula is C20H20ClFN4O3. The Bertz CT molecular complexity index is 1010. The lowest BCUT2D eigenvalue weighted by atomic mass is 10.2. The van der Waals surface area contributed by atoms with Crippen molar-refractivity contribution in [3.63, 3.8) is 0 Å². The fourth-order valence-corrected chi connectivity index (χ4v) is 3.24. The lowest BCUT2D eigenvalue weighted by Crippen LogP contribution is -2.41. The molecular weight excluding hydrogens is 399 g/mol. The fourth-order valence-electron chi connectivity index (χ4n) is 3.06. The predicted molar refractivity (Wildman–Crippen MR) is 109 cm³/mol. The number of halogens is 2. The van der Waals surface area contributed by atoms with Crippen molar-refractivity contribution in [3.8, 4) is 11.5 Å². The molecule has 29 heavy (non-hydrogen) atoms. The topological polar surface area (TPSA) is 77.5 Å². The summed E-state index contributed by atoms with van der Waals surface area (Å²) in [5.74, 6) is 1.19. The van der Waals surface area contributed by atoms with E-state index in [1.165, 1.54) is 18.5 Å². The van der Waals surface area contributed by atoms with Crippen LogP contribution in [0.4, 0.5) is 15.9 Å². The first-order valence-corrected chi connectivity index (χ1v) is 9.52. The first kappa shape index (κ1) is 19.6. The first-order valence-electron chi connectivity index (χ1n) is 9.14. The van der Waals surface area contributed by atoms with Gasteiger partial charge in [0, 0.05) is 30.2 Å². The molecule has 0 radical (unpaired) electrons. The number of aromatic nitrogens is 2. The van der Waals surface area contributed by atoms with Gasteiger partial charge in [-0.25, -0.2) is 14.4 Å². The molecule has 2 aromatic carbocycles. The summed E-state index contributed by atoms with van der Waals surface area (Å²) in [6, 6.07) is 7.99. The highest BCUT2D eigenvalue weighted by Crippen LogP contribution is 2.35. The molecule has 0 unspecified atom stereocenters. The van der Waals surface area contributed by atoms with Gasteiger partial charge in [-0.3, -0.25) is 0 Å². The van der Waals surface area contributed by atoms with Gasteiger partial charge in [-0.05, 0) is 24.3 Å². The van der Waals surface area contributed by atoms with Gasteiger partial charge in [0.1, 0.15) is 30.7 Å². The zero-order chi connectivity index (χ0) is 20.2. The van der Waals surface area contributed by atoms with Crippen LogP contribution in [0.5, 0.6) is 11.5 Å². The average molecular weight is 419 g/mol. The van der Waals surface area contributed by atoms with E-state index in [4.69, 9.17) is 25.8 Å². The van der Waals surface area contributed by atoms with Gasteiger partial charge in [0.2, 0.25) is 0 Å².